The SMILES string of the molecule is c1ccc(-c2ccc(N(c3ccccc3)c3ccc(-c4ccc(-c5ccc(-c6cc(-c7ccc8c(c7)oc7ccccc78)cc(-c7ccc8c(c7)c7ccccc7n8-c7ccccc7)c6)cc5)cc4)cc3)cc2)cc1. The van der Waals surface area contributed by atoms with Crippen LogP contribution < -0.4 is 4.90 Å². The van der Waals surface area contributed by atoms with E-state index in [4.69, 9.17) is 4.42 Å². The maximum Gasteiger partial charge on any atom is 0.136 e. The van der Waals surface area contributed by atoms with E-state index in [2.05, 4.69) is 289 Å². The summed E-state index contributed by atoms with van der Waals surface area (Å²) in [4.78, 5) is 2.31. The molecule has 75 heavy (non-hydrogen) atoms. The van der Waals surface area contributed by atoms with E-state index < -0.39 is 0 Å². The van der Waals surface area contributed by atoms with Crippen molar-refractivity contribution >= 4 is 60.8 Å². The molecule has 0 aliphatic carbocycles. The fourth-order valence-electron chi connectivity index (χ4n) is 11.0. The molecular formula is C72H48N2O. The molecule has 12 aromatic carbocycles. The average molecular weight is 957 g/mol. The Bertz CT molecular complexity index is 4350. The maximum atomic E-state index is 6.41. The molecule has 3 nitrogen and oxygen atoms in total. The van der Waals surface area contributed by atoms with Crippen molar-refractivity contribution in [1.29, 1.82) is 0 Å². The number of anilines is 3. The first-order valence-corrected chi connectivity index (χ1v) is 25.6. The minimum absolute atomic E-state index is 0.888. The van der Waals surface area contributed by atoms with E-state index in [-0.39, 0.29) is 0 Å². The lowest BCUT2D eigenvalue weighted by atomic mass is 9.92. The molecule has 0 bridgehead atoms. The van der Waals surface area contributed by atoms with Crippen LogP contribution >= 0.6 is 0 Å². The van der Waals surface area contributed by atoms with Gasteiger partial charge in [0, 0.05) is 44.3 Å². The van der Waals surface area contributed by atoms with Gasteiger partial charge in [-0.1, -0.05) is 188 Å². The molecule has 2 aromatic heterocycles. The summed E-state index contributed by atoms with van der Waals surface area (Å²) in [5.41, 5.74) is 22.6. The van der Waals surface area contributed by atoms with Crippen molar-refractivity contribution in [3.8, 4) is 72.4 Å². The van der Waals surface area contributed by atoms with Crippen molar-refractivity contribution in [2.24, 2.45) is 0 Å². The lowest BCUT2D eigenvalue weighted by Gasteiger charge is -2.26. The zero-order valence-electron chi connectivity index (χ0n) is 41.0. The molecule has 0 amide bonds. The minimum Gasteiger partial charge on any atom is -0.456 e. The summed E-state index contributed by atoms with van der Waals surface area (Å²) in [7, 11) is 0. The molecule has 0 atom stereocenters. The lowest BCUT2D eigenvalue weighted by Crippen LogP contribution is -2.09. The van der Waals surface area contributed by atoms with Crippen LogP contribution in [0.15, 0.2) is 296 Å². The topological polar surface area (TPSA) is 21.3 Å². The van der Waals surface area contributed by atoms with Crippen LogP contribution in [-0.4, -0.2) is 4.57 Å². The van der Waals surface area contributed by atoms with Gasteiger partial charge in [-0.15, -0.1) is 0 Å². The van der Waals surface area contributed by atoms with Crippen molar-refractivity contribution in [2.75, 3.05) is 4.90 Å². The van der Waals surface area contributed by atoms with Crippen LogP contribution in [0.3, 0.4) is 0 Å². The summed E-state index contributed by atoms with van der Waals surface area (Å²) in [5, 5.41) is 4.72. The molecule has 0 spiro atoms. The Labute approximate surface area is 436 Å². The molecular weight excluding hydrogens is 909 g/mol. The zero-order chi connectivity index (χ0) is 49.7. The number of fused-ring (bicyclic) bond motifs is 6. The van der Waals surface area contributed by atoms with Crippen molar-refractivity contribution in [1.82, 2.24) is 4.57 Å². The van der Waals surface area contributed by atoms with Crippen molar-refractivity contribution in [3.63, 3.8) is 0 Å². The van der Waals surface area contributed by atoms with Crippen LogP contribution in [0.2, 0.25) is 0 Å². The van der Waals surface area contributed by atoms with E-state index in [0.29, 0.717) is 0 Å². The highest BCUT2D eigenvalue weighted by Gasteiger charge is 2.17. The van der Waals surface area contributed by atoms with Gasteiger partial charge in [0.2, 0.25) is 0 Å². The fraction of sp³-hybridized carbons (Fsp3) is 0. The lowest BCUT2D eigenvalue weighted by molar-refractivity contribution is 0.669. The quantitative estimate of drug-likeness (QED) is 0.136. The van der Waals surface area contributed by atoms with Gasteiger partial charge in [0.15, 0.2) is 0 Å². The predicted octanol–water partition coefficient (Wildman–Crippen LogP) is 20.2. The van der Waals surface area contributed by atoms with Crippen LogP contribution in [0.1, 0.15) is 0 Å². The van der Waals surface area contributed by atoms with Crippen LogP contribution in [-0.2, 0) is 0 Å². The van der Waals surface area contributed by atoms with Gasteiger partial charge in [-0.05, 0) is 170 Å². The molecule has 0 aliphatic rings. The van der Waals surface area contributed by atoms with E-state index in [1.54, 1.807) is 0 Å². The highest BCUT2D eigenvalue weighted by atomic mass is 16.3. The Morgan fingerprint density at radius 2 is 0.613 bits per heavy atom. The largest absolute Gasteiger partial charge is 0.456 e. The first-order valence-electron chi connectivity index (χ1n) is 25.6. The second-order valence-electron chi connectivity index (χ2n) is 19.3. The van der Waals surface area contributed by atoms with Gasteiger partial charge in [0.1, 0.15) is 11.2 Å². The molecule has 0 radical (unpaired) electrons. The number of nitrogens with zero attached hydrogens (tertiary/aromatic N) is 2. The van der Waals surface area contributed by atoms with Crippen LogP contribution in [0.25, 0.3) is 116 Å². The van der Waals surface area contributed by atoms with Crippen LogP contribution in [0, 0.1) is 0 Å². The van der Waals surface area contributed by atoms with E-state index in [1.807, 2.05) is 12.1 Å². The number of hydrogen-bond donors (Lipinski definition) is 0. The fourth-order valence-corrected chi connectivity index (χ4v) is 11.0. The summed E-state index contributed by atoms with van der Waals surface area (Å²) >= 11 is 0. The highest BCUT2D eigenvalue weighted by Crippen LogP contribution is 2.41. The Balaban J connectivity index is 0.780. The Hall–Kier alpha value is -9.96. The maximum absolute atomic E-state index is 6.41. The minimum atomic E-state index is 0.888. The van der Waals surface area contributed by atoms with Gasteiger partial charge >= 0.3 is 0 Å². The standard InChI is InChI=1S/C72H48N2O/c1-4-14-49(15-5-1)53-32-38-63(39-33-53)73(61-16-6-2-7-17-61)64-40-34-54(35-41-64)52-26-24-50(25-27-52)51-28-30-55(31-29-51)58-44-59(46-60(45-58)57-36-42-67-66-21-11-13-23-71(66)75-72(67)48-57)56-37-43-70-68(47-56)65-20-10-12-22-69(65)74(70)62-18-8-3-9-19-62/h1-48H. The summed E-state index contributed by atoms with van der Waals surface area (Å²) in [6.45, 7) is 0. The van der Waals surface area contributed by atoms with E-state index in [0.717, 1.165) is 72.5 Å². The summed E-state index contributed by atoms with van der Waals surface area (Å²) in [6.07, 6.45) is 0. The number of furan rings is 1. The Morgan fingerprint density at radius 1 is 0.227 bits per heavy atom. The van der Waals surface area contributed by atoms with Gasteiger partial charge in [-0.25, -0.2) is 0 Å². The third-order valence-corrected chi connectivity index (χ3v) is 14.8. The van der Waals surface area contributed by atoms with Crippen molar-refractivity contribution in [2.45, 2.75) is 0 Å². The number of para-hydroxylation sites is 4. The molecule has 0 N–H and O–H groups in total. The van der Waals surface area contributed by atoms with Gasteiger partial charge in [0.05, 0.1) is 11.0 Å². The normalized spacial score (nSPS) is 11.5. The third kappa shape index (κ3) is 8.14. The first kappa shape index (κ1) is 43.8. The highest BCUT2D eigenvalue weighted by molar-refractivity contribution is 6.11. The van der Waals surface area contributed by atoms with Crippen LogP contribution in [0.5, 0.6) is 0 Å². The Morgan fingerprint density at radius 3 is 1.21 bits per heavy atom. The average Bonchev–Trinajstić information content (AvgIpc) is 4.04. The van der Waals surface area contributed by atoms with E-state index in [1.165, 1.54) is 60.8 Å². The summed E-state index contributed by atoms with van der Waals surface area (Å²) in [5.74, 6) is 0. The Kier molecular flexibility index (Phi) is 10.8. The number of benzene rings is 12. The number of hydrogen-bond acceptors (Lipinski definition) is 2. The van der Waals surface area contributed by atoms with Gasteiger partial charge in [-0.3, -0.25) is 0 Å². The second kappa shape index (κ2) is 18.6. The molecule has 2 heterocycles. The molecule has 3 heteroatoms. The van der Waals surface area contributed by atoms with Crippen molar-refractivity contribution in [3.05, 3.63) is 291 Å². The molecule has 0 aliphatic heterocycles. The molecule has 0 unspecified atom stereocenters. The predicted molar refractivity (Wildman–Crippen MR) is 315 cm³/mol. The molecule has 0 fully saturated rings. The first-order chi connectivity index (χ1) is 37.1. The van der Waals surface area contributed by atoms with Crippen LogP contribution in [0.4, 0.5) is 17.1 Å². The summed E-state index contributed by atoms with van der Waals surface area (Å²) in [6, 6.07) is 105. The second-order valence-corrected chi connectivity index (χ2v) is 19.3. The van der Waals surface area contributed by atoms with Crippen molar-refractivity contribution < 1.29 is 4.42 Å². The third-order valence-electron chi connectivity index (χ3n) is 14.8. The molecule has 14 aromatic rings. The monoisotopic (exact) mass is 956 g/mol. The molecule has 0 saturated carbocycles. The summed E-state index contributed by atoms with van der Waals surface area (Å²) < 4.78 is 8.79. The van der Waals surface area contributed by atoms with Gasteiger partial charge < -0.3 is 13.9 Å². The smallest absolute Gasteiger partial charge is 0.136 e. The molecule has 14 rings (SSSR count). The van der Waals surface area contributed by atoms with E-state index in [9.17, 15) is 0 Å². The molecule has 352 valence electrons. The van der Waals surface area contributed by atoms with E-state index >= 15 is 0 Å². The zero-order valence-corrected chi connectivity index (χ0v) is 41.0. The van der Waals surface area contributed by atoms with Gasteiger partial charge in [0.25, 0.3) is 0 Å². The van der Waals surface area contributed by atoms with Gasteiger partial charge in [-0.2, -0.15) is 0 Å². The molecule has 0 saturated heterocycles. The number of aromatic nitrogens is 1. The number of rotatable bonds is 10.